The summed E-state index contributed by atoms with van der Waals surface area (Å²) >= 11 is 0. The molecule has 6 heteroatoms. The summed E-state index contributed by atoms with van der Waals surface area (Å²) < 4.78 is 17.1. The quantitative estimate of drug-likeness (QED) is 0.471. The van der Waals surface area contributed by atoms with Gasteiger partial charge in [0.15, 0.2) is 6.61 Å². The molecule has 1 unspecified atom stereocenters. The van der Waals surface area contributed by atoms with Gasteiger partial charge in [-0.1, -0.05) is 60.7 Å². The lowest BCUT2D eigenvalue weighted by Crippen LogP contribution is -2.28. The minimum Gasteiger partial charge on any atom is -0.486 e. The van der Waals surface area contributed by atoms with Gasteiger partial charge in [0.05, 0.1) is 0 Å². The van der Waals surface area contributed by atoms with Crippen molar-refractivity contribution in [2.45, 2.75) is 6.29 Å². The highest BCUT2D eigenvalue weighted by Crippen LogP contribution is 2.47. The lowest BCUT2D eigenvalue weighted by Gasteiger charge is -2.27. The van der Waals surface area contributed by atoms with Crippen LogP contribution in [0.4, 0.5) is 0 Å². The van der Waals surface area contributed by atoms with Gasteiger partial charge in [0.1, 0.15) is 11.5 Å². The summed E-state index contributed by atoms with van der Waals surface area (Å²) in [6.07, 6.45) is -0.930. The van der Waals surface area contributed by atoms with Crippen LogP contribution in [0, 0.1) is 0 Å². The van der Waals surface area contributed by atoms with Crippen LogP contribution in [-0.4, -0.2) is 22.7 Å². The molecule has 1 heterocycles. The van der Waals surface area contributed by atoms with Gasteiger partial charge >= 0.3 is 8.60 Å². The van der Waals surface area contributed by atoms with Gasteiger partial charge in [-0.3, -0.25) is 4.52 Å². The van der Waals surface area contributed by atoms with E-state index in [1.807, 2.05) is 54.6 Å². The Hall–Kier alpha value is -2.69. The largest absolute Gasteiger partial charge is 0.486 e. The highest BCUT2D eigenvalue weighted by molar-refractivity contribution is 7.39. The van der Waals surface area contributed by atoms with E-state index in [1.54, 1.807) is 0 Å². The molecule has 4 aromatic carbocycles. The second-order valence-corrected chi connectivity index (χ2v) is 7.25. The Labute approximate surface area is 162 Å². The topological polar surface area (TPSA) is 68.2 Å². The standard InChI is InChI=1S/C22H17O5P/c23-28(24)27-20-13-25-18-11-9-14-5-1-3-7-16(14)21(18)22-17-8-4-2-6-15(17)10-12-19(22)26-20/h1-12,20,23-24H,13H2. The minimum atomic E-state index is -2.57. The van der Waals surface area contributed by atoms with Crippen molar-refractivity contribution in [1.29, 1.82) is 0 Å². The summed E-state index contributed by atoms with van der Waals surface area (Å²) in [7, 11) is -2.57. The highest BCUT2D eigenvalue weighted by atomic mass is 31.2. The van der Waals surface area contributed by atoms with Gasteiger partial charge in [-0.05, 0) is 33.7 Å². The maximum atomic E-state index is 9.29. The Balaban J connectivity index is 1.84. The molecule has 0 amide bonds. The first-order chi connectivity index (χ1) is 13.7. The Morgan fingerprint density at radius 2 is 1.32 bits per heavy atom. The molecule has 5 rings (SSSR count). The van der Waals surface area contributed by atoms with E-state index < -0.39 is 14.9 Å². The molecule has 0 spiro atoms. The third-order valence-corrected chi connectivity index (χ3v) is 5.30. The van der Waals surface area contributed by atoms with Crippen molar-refractivity contribution in [3.8, 4) is 22.6 Å². The Morgan fingerprint density at radius 1 is 0.750 bits per heavy atom. The van der Waals surface area contributed by atoms with Gasteiger partial charge < -0.3 is 19.3 Å². The summed E-state index contributed by atoms with van der Waals surface area (Å²) in [6, 6.07) is 24.1. The van der Waals surface area contributed by atoms with E-state index in [1.165, 1.54) is 0 Å². The Kier molecular flexibility index (Phi) is 4.38. The van der Waals surface area contributed by atoms with Gasteiger partial charge in [0, 0.05) is 11.1 Å². The fourth-order valence-electron chi connectivity index (χ4n) is 3.73. The molecule has 0 aromatic heterocycles. The van der Waals surface area contributed by atoms with Crippen molar-refractivity contribution in [1.82, 2.24) is 0 Å². The number of hydrogen-bond acceptors (Lipinski definition) is 5. The predicted molar refractivity (Wildman–Crippen MR) is 109 cm³/mol. The van der Waals surface area contributed by atoms with E-state index >= 15 is 0 Å². The molecule has 2 N–H and O–H groups in total. The highest BCUT2D eigenvalue weighted by Gasteiger charge is 2.26. The lowest BCUT2D eigenvalue weighted by molar-refractivity contribution is -0.0349. The zero-order valence-corrected chi connectivity index (χ0v) is 15.7. The molecule has 1 aliphatic rings. The molecular weight excluding hydrogens is 375 g/mol. The molecule has 0 saturated carbocycles. The maximum Gasteiger partial charge on any atom is 0.330 e. The van der Waals surface area contributed by atoms with Crippen LogP contribution in [0.1, 0.15) is 0 Å². The molecule has 0 fully saturated rings. The van der Waals surface area contributed by atoms with Crippen LogP contribution in [0.15, 0.2) is 72.8 Å². The first-order valence-electron chi connectivity index (χ1n) is 8.89. The van der Waals surface area contributed by atoms with Crippen molar-refractivity contribution >= 4 is 30.1 Å². The van der Waals surface area contributed by atoms with Crippen LogP contribution in [-0.2, 0) is 4.52 Å². The van der Waals surface area contributed by atoms with E-state index in [0.717, 1.165) is 32.7 Å². The summed E-state index contributed by atoms with van der Waals surface area (Å²) in [5.41, 5.74) is 1.86. The summed E-state index contributed by atoms with van der Waals surface area (Å²) in [5.74, 6) is 1.31. The number of ether oxygens (including phenoxy) is 2. The number of rotatable bonds is 2. The third kappa shape index (κ3) is 2.99. The second kappa shape index (κ2) is 7.04. The lowest BCUT2D eigenvalue weighted by atomic mass is 9.92. The fourth-order valence-corrected chi connectivity index (χ4v) is 4.04. The van der Waals surface area contributed by atoms with Crippen LogP contribution < -0.4 is 9.47 Å². The van der Waals surface area contributed by atoms with Crippen LogP contribution in [0.2, 0.25) is 0 Å². The number of benzene rings is 4. The predicted octanol–water partition coefficient (Wildman–Crippen LogP) is 4.99. The van der Waals surface area contributed by atoms with Crippen molar-refractivity contribution in [2.75, 3.05) is 6.61 Å². The molecule has 5 nitrogen and oxygen atoms in total. The van der Waals surface area contributed by atoms with Crippen molar-refractivity contribution < 1.29 is 23.8 Å². The molecule has 0 aliphatic carbocycles. The van der Waals surface area contributed by atoms with Gasteiger partial charge in [-0.15, -0.1) is 0 Å². The van der Waals surface area contributed by atoms with E-state index in [0.29, 0.717) is 11.5 Å². The smallest absolute Gasteiger partial charge is 0.330 e. The Bertz CT molecular complexity index is 1170. The molecule has 28 heavy (non-hydrogen) atoms. The average Bonchev–Trinajstić information content (AvgIpc) is 2.70. The van der Waals surface area contributed by atoms with E-state index in [-0.39, 0.29) is 6.61 Å². The molecule has 1 atom stereocenters. The van der Waals surface area contributed by atoms with Gasteiger partial charge in [0.25, 0.3) is 0 Å². The van der Waals surface area contributed by atoms with Crippen LogP contribution in [0.5, 0.6) is 11.5 Å². The fraction of sp³-hybridized carbons (Fsp3) is 0.0909. The zero-order valence-electron chi connectivity index (χ0n) is 14.8. The molecule has 140 valence electrons. The van der Waals surface area contributed by atoms with E-state index in [9.17, 15) is 9.79 Å². The van der Waals surface area contributed by atoms with Crippen LogP contribution in [0.25, 0.3) is 32.7 Å². The molecule has 0 radical (unpaired) electrons. The second-order valence-electron chi connectivity index (χ2n) is 6.54. The normalized spacial score (nSPS) is 16.0. The zero-order chi connectivity index (χ0) is 19.1. The molecule has 4 aromatic rings. The maximum absolute atomic E-state index is 9.29. The van der Waals surface area contributed by atoms with Gasteiger partial charge in [-0.25, -0.2) is 0 Å². The van der Waals surface area contributed by atoms with E-state index in [2.05, 4.69) is 18.2 Å². The SMILES string of the molecule is OP(O)OC1COc2ccc3ccccc3c2-c2c(ccc3ccccc23)O1. The van der Waals surface area contributed by atoms with Crippen LogP contribution in [0.3, 0.4) is 0 Å². The van der Waals surface area contributed by atoms with Crippen molar-refractivity contribution in [2.24, 2.45) is 0 Å². The van der Waals surface area contributed by atoms with Gasteiger partial charge in [-0.2, -0.15) is 0 Å². The van der Waals surface area contributed by atoms with Crippen molar-refractivity contribution in [3.63, 3.8) is 0 Å². The molecular formula is C22H17O5P. The molecule has 0 saturated heterocycles. The summed E-state index contributed by atoms with van der Waals surface area (Å²) in [4.78, 5) is 18.6. The van der Waals surface area contributed by atoms with E-state index in [4.69, 9.17) is 14.0 Å². The molecule has 0 bridgehead atoms. The first kappa shape index (κ1) is 17.4. The Morgan fingerprint density at radius 3 is 1.96 bits per heavy atom. The van der Waals surface area contributed by atoms with Gasteiger partial charge in [0.2, 0.25) is 6.29 Å². The number of fused-ring (bicyclic) bond motifs is 7. The first-order valence-corrected chi connectivity index (χ1v) is 10.1. The summed E-state index contributed by atoms with van der Waals surface area (Å²) in [5, 5.41) is 4.27. The monoisotopic (exact) mass is 392 g/mol. The van der Waals surface area contributed by atoms with Crippen molar-refractivity contribution in [3.05, 3.63) is 72.8 Å². The molecule has 1 aliphatic heterocycles. The third-order valence-electron chi connectivity index (χ3n) is 4.88. The summed E-state index contributed by atoms with van der Waals surface area (Å²) in [6.45, 7) is 0.0392. The van der Waals surface area contributed by atoms with Crippen LogP contribution >= 0.6 is 8.60 Å². The number of hydrogen-bond donors (Lipinski definition) is 2. The average molecular weight is 392 g/mol. The minimum absolute atomic E-state index is 0.0392.